The van der Waals surface area contributed by atoms with E-state index in [2.05, 4.69) is 162 Å². The maximum Gasteiger partial charge on any atom is 0.164 e. The van der Waals surface area contributed by atoms with Crippen molar-refractivity contribution in [3.8, 4) is 62.1 Å². The van der Waals surface area contributed by atoms with Crippen molar-refractivity contribution in [2.45, 2.75) is 0 Å². The molecular formula is C57H36N4. The normalized spacial score (nSPS) is 11.6. The molecule has 0 bridgehead atoms. The van der Waals surface area contributed by atoms with Gasteiger partial charge in [-0.3, -0.25) is 0 Å². The second-order valence-corrected chi connectivity index (χ2v) is 15.6. The molecule has 0 unspecified atom stereocenters. The number of hydrogen-bond donors (Lipinski definition) is 0. The Labute approximate surface area is 352 Å². The van der Waals surface area contributed by atoms with Gasteiger partial charge in [0.25, 0.3) is 0 Å². The molecule has 0 aliphatic heterocycles. The standard InChI is InChI=1S/C57H36N4/c1-4-14-38(15-5-1)55-58-56(39-16-6-2-7-17-39)60-57(59-55)40-26-24-37(25-27-40)41-28-31-47-45-20-10-11-21-46(45)50-35-42(29-32-48(50)51(47)34-41)43-30-33-54-52(36-43)49-22-12-13-23-53(49)61(54)44-18-8-3-9-19-44/h1-36H. The average molecular weight is 777 g/mol. The van der Waals surface area contributed by atoms with Gasteiger partial charge in [0.2, 0.25) is 0 Å². The van der Waals surface area contributed by atoms with Crippen LogP contribution in [0.5, 0.6) is 0 Å². The van der Waals surface area contributed by atoms with Crippen LogP contribution in [-0.4, -0.2) is 19.5 Å². The van der Waals surface area contributed by atoms with Crippen LogP contribution in [-0.2, 0) is 0 Å². The van der Waals surface area contributed by atoms with Gasteiger partial charge >= 0.3 is 0 Å². The Hall–Kier alpha value is -8.21. The fraction of sp³-hybridized carbons (Fsp3) is 0. The fourth-order valence-corrected chi connectivity index (χ4v) is 9.07. The highest BCUT2D eigenvalue weighted by Gasteiger charge is 2.16. The molecule has 0 fully saturated rings. The summed E-state index contributed by atoms with van der Waals surface area (Å²) in [4.78, 5) is 14.8. The monoisotopic (exact) mass is 776 g/mol. The minimum Gasteiger partial charge on any atom is -0.309 e. The number of para-hydroxylation sites is 2. The molecule has 4 heteroatoms. The summed E-state index contributed by atoms with van der Waals surface area (Å²) in [5, 5.41) is 9.99. The third-order valence-corrected chi connectivity index (χ3v) is 12.0. The molecule has 0 spiro atoms. The van der Waals surface area contributed by atoms with E-state index in [9.17, 15) is 0 Å². The Kier molecular flexibility index (Phi) is 8.13. The van der Waals surface area contributed by atoms with E-state index in [-0.39, 0.29) is 0 Å². The Morgan fingerprint density at radius 2 is 0.590 bits per heavy atom. The average Bonchev–Trinajstić information content (AvgIpc) is 3.68. The zero-order valence-electron chi connectivity index (χ0n) is 33.1. The van der Waals surface area contributed by atoms with E-state index in [1.54, 1.807) is 0 Å². The Morgan fingerprint density at radius 3 is 1.18 bits per heavy atom. The van der Waals surface area contributed by atoms with Crippen molar-refractivity contribution in [3.05, 3.63) is 218 Å². The molecule has 0 amide bonds. The third kappa shape index (κ3) is 5.96. The fourth-order valence-electron chi connectivity index (χ4n) is 9.07. The first kappa shape index (κ1) is 34.8. The lowest BCUT2D eigenvalue weighted by atomic mass is 9.90. The minimum atomic E-state index is 0.645. The van der Waals surface area contributed by atoms with E-state index in [4.69, 9.17) is 15.0 Å². The SMILES string of the molecule is c1ccc(-c2nc(-c3ccccc3)nc(-c3ccc(-c4ccc5c6ccccc6c6cc(-c7ccc8c(c7)c7ccccc7n8-c7ccccc7)ccc6c5c4)cc3)n2)cc1. The van der Waals surface area contributed by atoms with Gasteiger partial charge < -0.3 is 4.57 Å². The van der Waals surface area contributed by atoms with Gasteiger partial charge in [-0.1, -0.05) is 176 Å². The summed E-state index contributed by atoms with van der Waals surface area (Å²) in [5.74, 6) is 1.95. The molecule has 61 heavy (non-hydrogen) atoms. The number of fused-ring (bicyclic) bond motifs is 9. The second kappa shape index (κ2) is 14.3. The van der Waals surface area contributed by atoms with E-state index in [0.29, 0.717) is 17.5 Å². The summed E-state index contributed by atoms with van der Waals surface area (Å²) in [5.41, 5.74) is 11.1. The van der Waals surface area contributed by atoms with Crippen LogP contribution in [0.2, 0.25) is 0 Å². The van der Waals surface area contributed by atoms with Gasteiger partial charge in [-0.05, 0) is 97.0 Å². The molecule has 12 aromatic rings. The Bertz CT molecular complexity index is 3560. The maximum atomic E-state index is 4.95. The molecule has 0 saturated heterocycles. The van der Waals surface area contributed by atoms with Gasteiger partial charge in [-0.2, -0.15) is 0 Å². The number of nitrogens with zero attached hydrogens (tertiary/aromatic N) is 4. The summed E-state index contributed by atoms with van der Waals surface area (Å²) in [6.07, 6.45) is 0. The smallest absolute Gasteiger partial charge is 0.164 e. The quantitative estimate of drug-likeness (QED) is 0.158. The summed E-state index contributed by atoms with van der Waals surface area (Å²) < 4.78 is 2.37. The highest BCUT2D eigenvalue weighted by atomic mass is 15.0. The Morgan fingerprint density at radius 1 is 0.230 bits per heavy atom. The molecular weight excluding hydrogens is 741 g/mol. The number of hydrogen-bond acceptors (Lipinski definition) is 3. The summed E-state index contributed by atoms with van der Waals surface area (Å²) >= 11 is 0. The van der Waals surface area contributed by atoms with Gasteiger partial charge in [0, 0.05) is 33.2 Å². The first-order chi connectivity index (χ1) is 30.2. The van der Waals surface area contributed by atoms with Crippen LogP contribution >= 0.6 is 0 Å². The summed E-state index contributed by atoms with van der Waals surface area (Å²) in [6, 6.07) is 77.8. The summed E-state index contributed by atoms with van der Waals surface area (Å²) in [7, 11) is 0. The molecule has 0 N–H and O–H groups in total. The van der Waals surface area contributed by atoms with Crippen molar-refractivity contribution >= 4 is 54.1 Å². The molecule has 0 radical (unpaired) electrons. The molecule has 4 nitrogen and oxygen atoms in total. The highest BCUT2D eigenvalue weighted by Crippen LogP contribution is 2.41. The zero-order chi connectivity index (χ0) is 40.3. The topological polar surface area (TPSA) is 43.6 Å². The van der Waals surface area contributed by atoms with Crippen LogP contribution in [0.4, 0.5) is 0 Å². The molecule has 284 valence electrons. The molecule has 0 aliphatic rings. The van der Waals surface area contributed by atoms with Gasteiger partial charge in [-0.15, -0.1) is 0 Å². The van der Waals surface area contributed by atoms with Crippen LogP contribution in [0, 0.1) is 0 Å². The van der Waals surface area contributed by atoms with E-state index in [1.165, 1.54) is 70.9 Å². The first-order valence-corrected chi connectivity index (χ1v) is 20.7. The Balaban J connectivity index is 0.954. The lowest BCUT2D eigenvalue weighted by Gasteiger charge is -2.14. The van der Waals surface area contributed by atoms with E-state index < -0.39 is 0 Å². The van der Waals surface area contributed by atoms with Crippen LogP contribution in [0.1, 0.15) is 0 Å². The predicted octanol–water partition coefficient (Wildman–Crippen LogP) is 14.8. The van der Waals surface area contributed by atoms with E-state index in [0.717, 1.165) is 27.8 Å². The molecule has 2 heterocycles. The van der Waals surface area contributed by atoms with Crippen LogP contribution in [0.3, 0.4) is 0 Å². The lowest BCUT2D eigenvalue weighted by Crippen LogP contribution is -2.00. The van der Waals surface area contributed by atoms with Crippen molar-refractivity contribution in [2.24, 2.45) is 0 Å². The molecule has 12 rings (SSSR count). The number of aromatic nitrogens is 4. The first-order valence-electron chi connectivity index (χ1n) is 20.7. The van der Waals surface area contributed by atoms with Crippen LogP contribution in [0.15, 0.2) is 218 Å². The predicted molar refractivity (Wildman–Crippen MR) is 254 cm³/mol. The van der Waals surface area contributed by atoms with Gasteiger partial charge in [0.15, 0.2) is 17.5 Å². The van der Waals surface area contributed by atoms with Gasteiger partial charge in [-0.25, -0.2) is 15.0 Å². The van der Waals surface area contributed by atoms with Crippen molar-refractivity contribution in [3.63, 3.8) is 0 Å². The van der Waals surface area contributed by atoms with Crippen molar-refractivity contribution in [1.29, 1.82) is 0 Å². The van der Waals surface area contributed by atoms with E-state index in [1.807, 2.05) is 60.7 Å². The van der Waals surface area contributed by atoms with Crippen molar-refractivity contribution < 1.29 is 0 Å². The largest absolute Gasteiger partial charge is 0.309 e. The molecule has 10 aromatic carbocycles. The molecule has 0 atom stereocenters. The molecule has 0 saturated carbocycles. The van der Waals surface area contributed by atoms with Gasteiger partial charge in [0.1, 0.15) is 0 Å². The number of rotatable bonds is 6. The highest BCUT2D eigenvalue weighted by molar-refractivity contribution is 6.26. The summed E-state index contributed by atoms with van der Waals surface area (Å²) in [6.45, 7) is 0. The van der Waals surface area contributed by atoms with Crippen LogP contribution in [0.25, 0.3) is 116 Å². The van der Waals surface area contributed by atoms with Crippen molar-refractivity contribution in [1.82, 2.24) is 19.5 Å². The molecule has 2 aromatic heterocycles. The minimum absolute atomic E-state index is 0.645. The van der Waals surface area contributed by atoms with E-state index >= 15 is 0 Å². The van der Waals surface area contributed by atoms with Crippen molar-refractivity contribution in [2.75, 3.05) is 0 Å². The zero-order valence-corrected chi connectivity index (χ0v) is 33.1. The number of benzene rings is 10. The lowest BCUT2D eigenvalue weighted by molar-refractivity contribution is 1.07. The molecule has 0 aliphatic carbocycles. The maximum absolute atomic E-state index is 4.95. The van der Waals surface area contributed by atoms with Gasteiger partial charge in [0.05, 0.1) is 11.0 Å². The second-order valence-electron chi connectivity index (χ2n) is 15.6. The van der Waals surface area contributed by atoms with Crippen LogP contribution < -0.4 is 0 Å². The third-order valence-electron chi connectivity index (χ3n) is 12.0.